The van der Waals surface area contributed by atoms with Gasteiger partial charge in [0.2, 0.25) is 0 Å². The van der Waals surface area contributed by atoms with Crippen molar-refractivity contribution in [2.45, 2.75) is 32.2 Å². The lowest BCUT2D eigenvalue weighted by Gasteiger charge is -2.15. The van der Waals surface area contributed by atoms with Gasteiger partial charge >= 0.3 is 0 Å². The molecule has 0 saturated heterocycles. The highest BCUT2D eigenvalue weighted by Crippen LogP contribution is 2.34. The highest BCUT2D eigenvalue weighted by molar-refractivity contribution is 5.51. The molecular formula is C12H19N3. The molecule has 2 N–H and O–H groups in total. The Bertz CT molecular complexity index is 320. The zero-order valence-electron chi connectivity index (χ0n) is 9.46. The standard InChI is InChI=1S/C12H19N3/c1-9(7-10-3-4-10)15-11-5-6-14-12(8-11)13-2/h5-6,8-10H,3-4,7H2,1-2H3,(H2,13,14,15). The van der Waals surface area contributed by atoms with Crippen LogP contribution in [-0.2, 0) is 0 Å². The van der Waals surface area contributed by atoms with Gasteiger partial charge in [-0.1, -0.05) is 12.8 Å². The Morgan fingerprint density at radius 1 is 1.53 bits per heavy atom. The molecule has 1 atom stereocenters. The second kappa shape index (κ2) is 4.51. The van der Waals surface area contributed by atoms with Crippen molar-refractivity contribution < 1.29 is 0 Å². The fraction of sp³-hybridized carbons (Fsp3) is 0.583. The highest BCUT2D eigenvalue weighted by atomic mass is 15.0. The molecule has 0 spiro atoms. The fourth-order valence-electron chi connectivity index (χ4n) is 1.85. The molecule has 1 heterocycles. The number of anilines is 2. The molecule has 2 rings (SSSR count). The minimum Gasteiger partial charge on any atom is -0.382 e. The molecule has 1 saturated carbocycles. The van der Waals surface area contributed by atoms with Crippen molar-refractivity contribution in [2.24, 2.45) is 5.92 Å². The summed E-state index contributed by atoms with van der Waals surface area (Å²) in [5.74, 6) is 1.89. The van der Waals surface area contributed by atoms with Gasteiger partial charge < -0.3 is 10.6 Å². The molecule has 1 aromatic heterocycles. The van der Waals surface area contributed by atoms with Gasteiger partial charge in [-0.15, -0.1) is 0 Å². The number of pyridine rings is 1. The third-order valence-corrected chi connectivity index (χ3v) is 2.81. The van der Waals surface area contributed by atoms with Crippen LogP contribution in [0.15, 0.2) is 18.3 Å². The van der Waals surface area contributed by atoms with E-state index in [1.54, 1.807) is 0 Å². The summed E-state index contributed by atoms with van der Waals surface area (Å²) in [6, 6.07) is 4.62. The summed E-state index contributed by atoms with van der Waals surface area (Å²) in [5.41, 5.74) is 1.16. The van der Waals surface area contributed by atoms with E-state index in [1.807, 2.05) is 25.4 Å². The van der Waals surface area contributed by atoms with Crippen LogP contribution < -0.4 is 10.6 Å². The molecular weight excluding hydrogens is 186 g/mol. The smallest absolute Gasteiger partial charge is 0.127 e. The molecule has 82 valence electrons. The summed E-state index contributed by atoms with van der Waals surface area (Å²) >= 11 is 0. The molecule has 1 aromatic rings. The van der Waals surface area contributed by atoms with Gasteiger partial charge in [-0.25, -0.2) is 4.98 Å². The molecule has 0 aromatic carbocycles. The third kappa shape index (κ3) is 3.11. The first-order valence-corrected chi connectivity index (χ1v) is 5.68. The summed E-state index contributed by atoms with van der Waals surface area (Å²) < 4.78 is 0. The monoisotopic (exact) mass is 205 g/mol. The van der Waals surface area contributed by atoms with Crippen LogP contribution >= 0.6 is 0 Å². The molecule has 0 bridgehead atoms. The Labute approximate surface area is 91.3 Å². The molecule has 0 amide bonds. The van der Waals surface area contributed by atoms with Gasteiger partial charge in [-0.05, 0) is 25.3 Å². The Morgan fingerprint density at radius 3 is 3.00 bits per heavy atom. The molecule has 1 aliphatic rings. The molecule has 3 nitrogen and oxygen atoms in total. The first kappa shape index (κ1) is 10.3. The number of hydrogen-bond donors (Lipinski definition) is 2. The van der Waals surface area contributed by atoms with Crippen LogP contribution in [0, 0.1) is 5.92 Å². The molecule has 0 radical (unpaired) electrons. The topological polar surface area (TPSA) is 37.0 Å². The summed E-state index contributed by atoms with van der Waals surface area (Å²) in [6.07, 6.45) is 5.96. The van der Waals surface area contributed by atoms with Crippen LogP contribution in [0.5, 0.6) is 0 Å². The van der Waals surface area contributed by atoms with Crippen molar-refractivity contribution in [1.29, 1.82) is 0 Å². The Morgan fingerprint density at radius 2 is 2.33 bits per heavy atom. The molecule has 3 heteroatoms. The minimum atomic E-state index is 0.560. The maximum absolute atomic E-state index is 4.19. The number of nitrogens with one attached hydrogen (secondary N) is 2. The van der Waals surface area contributed by atoms with Crippen LogP contribution in [0.25, 0.3) is 0 Å². The van der Waals surface area contributed by atoms with Crippen LogP contribution in [0.3, 0.4) is 0 Å². The molecule has 15 heavy (non-hydrogen) atoms. The second-order valence-electron chi connectivity index (χ2n) is 4.40. The lowest BCUT2D eigenvalue weighted by atomic mass is 10.1. The average molecular weight is 205 g/mol. The summed E-state index contributed by atoms with van der Waals surface area (Å²) in [5, 5.41) is 6.55. The minimum absolute atomic E-state index is 0.560. The highest BCUT2D eigenvalue weighted by Gasteiger charge is 2.23. The SMILES string of the molecule is CNc1cc(NC(C)CC2CC2)ccn1. The number of nitrogens with zero attached hydrogens (tertiary/aromatic N) is 1. The zero-order chi connectivity index (χ0) is 10.7. The van der Waals surface area contributed by atoms with Gasteiger partial charge in [-0.3, -0.25) is 0 Å². The lowest BCUT2D eigenvalue weighted by molar-refractivity contribution is 0.642. The predicted octanol–water partition coefficient (Wildman–Crippen LogP) is 2.72. The lowest BCUT2D eigenvalue weighted by Crippen LogP contribution is -2.15. The van der Waals surface area contributed by atoms with E-state index in [9.17, 15) is 0 Å². The van der Waals surface area contributed by atoms with Crippen LogP contribution in [0.2, 0.25) is 0 Å². The van der Waals surface area contributed by atoms with E-state index in [0.29, 0.717) is 6.04 Å². The van der Waals surface area contributed by atoms with Crippen molar-refractivity contribution in [3.63, 3.8) is 0 Å². The van der Waals surface area contributed by atoms with Crippen molar-refractivity contribution >= 4 is 11.5 Å². The first-order chi connectivity index (χ1) is 7.28. The Balaban J connectivity index is 1.90. The summed E-state index contributed by atoms with van der Waals surface area (Å²) in [4.78, 5) is 4.19. The molecule has 0 aliphatic heterocycles. The number of hydrogen-bond acceptors (Lipinski definition) is 3. The zero-order valence-corrected chi connectivity index (χ0v) is 9.46. The Hall–Kier alpha value is -1.25. The van der Waals surface area contributed by atoms with Crippen molar-refractivity contribution in [3.05, 3.63) is 18.3 Å². The largest absolute Gasteiger partial charge is 0.382 e. The van der Waals surface area contributed by atoms with Gasteiger partial charge in [0.05, 0.1) is 0 Å². The summed E-state index contributed by atoms with van der Waals surface area (Å²) in [7, 11) is 1.89. The number of rotatable bonds is 5. The van der Waals surface area contributed by atoms with Gasteiger partial charge in [0.25, 0.3) is 0 Å². The van der Waals surface area contributed by atoms with E-state index >= 15 is 0 Å². The first-order valence-electron chi connectivity index (χ1n) is 5.68. The Kier molecular flexibility index (Phi) is 3.09. The van der Waals surface area contributed by atoms with Gasteiger partial charge in [-0.2, -0.15) is 0 Å². The van der Waals surface area contributed by atoms with Crippen molar-refractivity contribution in [2.75, 3.05) is 17.7 Å². The van der Waals surface area contributed by atoms with Crippen LogP contribution in [-0.4, -0.2) is 18.1 Å². The van der Waals surface area contributed by atoms with E-state index in [4.69, 9.17) is 0 Å². The van der Waals surface area contributed by atoms with Gasteiger partial charge in [0.1, 0.15) is 5.82 Å². The fourth-order valence-corrected chi connectivity index (χ4v) is 1.85. The van der Waals surface area contributed by atoms with E-state index in [2.05, 4.69) is 22.5 Å². The quantitative estimate of drug-likeness (QED) is 0.776. The van der Waals surface area contributed by atoms with E-state index < -0.39 is 0 Å². The van der Waals surface area contributed by atoms with E-state index in [-0.39, 0.29) is 0 Å². The molecule has 1 fully saturated rings. The normalized spacial score (nSPS) is 17.2. The number of aromatic nitrogens is 1. The molecule has 1 unspecified atom stereocenters. The van der Waals surface area contributed by atoms with E-state index in [1.165, 1.54) is 19.3 Å². The van der Waals surface area contributed by atoms with Crippen molar-refractivity contribution in [3.8, 4) is 0 Å². The second-order valence-corrected chi connectivity index (χ2v) is 4.40. The summed E-state index contributed by atoms with van der Waals surface area (Å²) in [6.45, 7) is 2.25. The average Bonchev–Trinajstić information content (AvgIpc) is 3.02. The third-order valence-electron chi connectivity index (χ3n) is 2.81. The molecule has 1 aliphatic carbocycles. The maximum atomic E-state index is 4.19. The maximum Gasteiger partial charge on any atom is 0.127 e. The van der Waals surface area contributed by atoms with Crippen LogP contribution in [0.4, 0.5) is 11.5 Å². The van der Waals surface area contributed by atoms with Crippen LogP contribution in [0.1, 0.15) is 26.2 Å². The van der Waals surface area contributed by atoms with Gasteiger partial charge in [0.15, 0.2) is 0 Å². The van der Waals surface area contributed by atoms with Gasteiger partial charge in [0, 0.05) is 31.0 Å². The van der Waals surface area contributed by atoms with E-state index in [0.717, 1.165) is 17.4 Å². The van der Waals surface area contributed by atoms with Crippen molar-refractivity contribution in [1.82, 2.24) is 4.98 Å². The predicted molar refractivity (Wildman–Crippen MR) is 64.2 cm³/mol.